The molecule has 0 radical (unpaired) electrons. The molecule has 1 unspecified atom stereocenters. The molecule has 32 heavy (non-hydrogen) atoms. The summed E-state index contributed by atoms with van der Waals surface area (Å²) < 4.78 is 12.9. The lowest BCUT2D eigenvalue weighted by atomic mass is 10.2. The van der Waals surface area contributed by atoms with Crippen LogP contribution in [-0.4, -0.2) is 63.7 Å². The molecule has 0 spiro atoms. The van der Waals surface area contributed by atoms with E-state index in [1.165, 1.54) is 11.8 Å². The largest absolute Gasteiger partial charge is 0.494 e. The normalized spacial score (nSPS) is 14.9. The van der Waals surface area contributed by atoms with Gasteiger partial charge >= 0.3 is 0 Å². The van der Waals surface area contributed by atoms with Gasteiger partial charge in [-0.3, -0.25) is 9.36 Å². The average molecular weight is 473 g/mol. The number of nitrogens with zero attached hydrogens (tertiary/aromatic N) is 4. The first-order valence-corrected chi connectivity index (χ1v) is 11.8. The number of morpholine rings is 1. The first-order chi connectivity index (χ1) is 15.6. The molecule has 0 N–H and O–H groups in total. The van der Waals surface area contributed by atoms with Crippen LogP contribution in [0.1, 0.15) is 13.8 Å². The number of aromatic nitrogens is 3. The van der Waals surface area contributed by atoms with Crippen LogP contribution in [0.3, 0.4) is 0 Å². The van der Waals surface area contributed by atoms with Gasteiger partial charge in [0.1, 0.15) is 5.75 Å². The van der Waals surface area contributed by atoms with E-state index in [1.807, 2.05) is 71.8 Å². The van der Waals surface area contributed by atoms with Crippen molar-refractivity contribution in [3.63, 3.8) is 0 Å². The fourth-order valence-electron chi connectivity index (χ4n) is 3.50. The lowest BCUT2D eigenvalue weighted by Crippen LogP contribution is -2.44. The predicted molar refractivity (Wildman–Crippen MR) is 126 cm³/mol. The van der Waals surface area contributed by atoms with Gasteiger partial charge in [-0.05, 0) is 50.2 Å². The number of carbonyl (C=O) groups is 1. The summed E-state index contributed by atoms with van der Waals surface area (Å²) in [6.45, 7) is 6.81. The SMILES string of the molecule is CCOc1ccc(-n2c(SC(C)C(=O)N3CCOCC3)nnc2-c2ccccc2Cl)cc1. The Kier molecular flexibility index (Phi) is 7.34. The summed E-state index contributed by atoms with van der Waals surface area (Å²) in [6.07, 6.45) is 0. The van der Waals surface area contributed by atoms with E-state index in [0.29, 0.717) is 48.9 Å². The van der Waals surface area contributed by atoms with E-state index in [9.17, 15) is 4.79 Å². The molecule has 2 aromatic carbocycles. The second-order valence-corrected chi connectivity index (χ2v) is 8.96. The topological polar surface area (TPSA) is 69.5 Å². The number of carbonyl (C=O) groups excluding carboxylic acids is 1. The quantitative estimate of drug-likeness (QED) is 0.477. The molecule has 1 saturated heterocycles. The maximum absolute atomic E-state index is 13.0. The predicted octanol–water partition coefficient (Wildman–Crippen LogP) is 4.33. The minimum absolute atomic E-state index is 0.0684. The highest BCUT2D eigenvalue weighted by atomic mass is 35.5. The number of halogens is 1. The summed E-state index contributed by atoms with van der Waals surface area (Å²) in [4.78, 5) is 14.8. The maximum Gasteiger partial charge on any atom is 0.236 e. The van der Waals surface area contributed by atoms with Crippen molar-refractivity contribution < 1.29 is 14.3 Å². The lowest BCUT2D eigenvalue weighted by Gasteiger charge is -2.28. The number of benzene rings is 2. The number of hydrogen-bond acceptors (Lipinski definition) is 6. The molecule has 0 saturated carbocycles. The van der Waals surface area contributed by atoms with Gasteiger partial charge in [-0.1, -0.05) is 35.5 Å². The minimum atomic E-state index is -0.321. The molecule has 0 bridgehead atoms. The molecule has 4 rings (SSSR count). The van der Waals surface area contributed by atoms with Crippen LogP contribution in [0.4, 0.5) is 0 Å². The molecular weight excluding hydrogens is 448 g/mol. The van der Waals surface area contributed by atoms with E-state index in [-0.39, 0.29) is 11.2 Å². The number of hydrogen-bond donors (Lipinski definition) is 0. The zero-order valence-corrected chi connectivity index (χ0v) is 19.6. The van der Waals surface area contributed by atoms with Gasteiger partial charge in [0.15, 0.2) is 11.0 Å². The second kappa shape index (κ2) is 10.4. The zero-order chi connectivity index (χ0) is 22.5. The molecule has 2 heterocycles. The van der Waals surface area contributed by atoms with Crippen LogP contribution in [0.5, 0.6) is 5.75 Å². The van der Waals surface area contributed by atoms with Gasteiger partial charge in [-0.2, -0.15) is 0 Å². The molecule has 1 atom stereocenters. The Morgan fingerprint density at radius 1 is 1.16 bits per heavy atom. The van der Waals surface area contributed by atoms with Crippen LogP contribution in [0.25, 0.3) is 17.1 Å². The molecule has 1 amide bonds. The molecule has 1 aliphatic heterocycles. The van der Waals surface area contributed by atoms with Crippen molar-refractivity contribution in [3.8, 4) is 22.8 Å². The van der Waals surface area contributed by atoms with Crippen molar-refractivity contribution in [1.29, 1.82) is 0 Å². The molecule has 168 valence electrons. The van der Waals surface area contributed by atoms with Gasteiger partial charge in [-0.15, -0.1) is 10.2 Å². The van der Waals surface area contributed by atoms with Crippen molar-refractivity contribution >= 4 is 29.3 Å². The van der Waals surface area contributed by atoms with E-state index in [2.05, 4.69) is 10.2 Å². The minimum Gasteiger partial charge on any atom is -0.494 e. The standard InChI is InChI=1S/C23H25ClN4O3S/c1-3-31-18-10-8-17(9-11-18)28-21(19-6-4-5-7-20(19)24)25-26-23(28)32-16(2)22(29)27-12-14-30-15-13-27/h4-11,16H,3,12-15H2,1-2H3. The summed E-state index contributed by atoms with van der Waals surface area (Å²) in [5.74, 6) is 1.47. The smallest absolute Gasteiger partial charge is 0.236 e. The molecule has 7 nitrogen and oxygen atoms in total. The van der Waals surface area contributed by atoms with Crippen molar-refractivity contribution in [2.45, 2.75) is 24.3 Å². The summed E-state index contributed by atoms with van der Waals surface area (Å²) in [5.41, 5.74) is 1.64. The fraction of sp³-hybridized carbons (Fsp3) is 0.348. The Bertz CT molecular complexity index is 1070. The van der Waals surface area contributed by atoms with E-state index < -0.39 is 0 Å². The van der Waals surface area contributed by atoms with Crippen LogP contribution in [0.15, 0.2) is 53.7 Å². The number of thioether (sulfide) groups is 1. The zero-order valence-electron chi connectivity index (χ0n) is 18.0. The second-order valence-electron chi connectivity index (χ2n) is 7.25. The van der Waals surface area contributed by atoms with Gasteiger partial charge in [0.25, 0.3) is 0 Å². The summed E-state index contributed by atoms with van der Waals surface area (Å²) in [6, 6.07) is 15.2. The van der Waals surface area contributed by atoms with Gasteiger partial charge in [0.05, 0.1) is 30.1 Å². The van der Waals surface area contributed by atoms with Crippen LogP contribution in [-0.2, 0) is 9.53 Å². The van der Waals surface area contributed by atoms with Crippen LogP contribution >= 0.6 is 23.4 Å². The molecule has 3 aromatic rings. The average Bonchev–Trinajstić information content (AvgIpc) is 3.23. The molecule has 1 aromatic heterocycles. The Labute approximate surface area is 196 Å². The molecular formula is C23H25ClN4O3S. The summed E-state index contributed by atoms with van der Waals surface area (Å²) in [5, 5.41) is 9.75. The Morgan fingerprint density at radius 2 is 1.88 bits per heavy atom. The Balaban J connectivity index is 1.69. The number of rotatable bonds is 7. The van der Waals surface area contributed by atoms with Crippen LogP contribution in [0.2, 0.25) is 5.02 Å². The fourth-order valence-corrected chi connectivity index (χ4v) is 4.68. The molecule has 1 fully saturated rings. The third-order valence-corrected chi connectivity index (χ3v) is 6.47. The van der Waals surface area contributed by atoms with Crippen LogP contribution < -0.4 is 4.74 Å². The number of ether oxygens (including phenoxy) is 2. The molecule has 1 aliphatic rings. The van der Waals surface area contributed by atoms with Crippen molar-refractivity contribution in [1.82, 2.24) is 19.7 Å². The van der Waals surface area contributed by atoms with E-state index in [1.54, 1.807) is 0 Å². The van der Waals surface area contributed by atoms with E-state index >= 15 is 0 Å². The highest BCUT2D eigenvalue weighted by Gasteiger charge is 2.26. The monoisotopic (exact) mass is 472 g/mol. The summed E-state index contributed by atoms with van der Waals surface area (Å²) >= 11 is 7.86. The van der Waals surface area contributed by atoms with E-state index in [0.717, 1.165) is 17.0 Å². The third-order valence-electron chi connectivity index (χ3n) is 5.11. The highest BCUT2D eigenvalue weighted by molar-refractivity contribution is 8.00. The lowest BCUT2D eigenvalue weighted by molar-refractivity contribution is -0.134. The molecule has 9 heteroatoms. The van der Waals surface area contributed by atoms with Crippen molar-refractivity contribution in [2.24, 2.45) is 0 Å². The van der Waals surface area contributed by atoms with Crippen molar-refractivity contribution in [3.05, 3.63) is 53.6 Å². The Morgan fingerprint density at radius 3 is 2.56 bits per heavy atom. The van der Waals surface area contributed by atoms with E-state index in [4.69, 9.17) is 21.1 Å². The van der Waals surface area contributed by atoms with Gasteiger partial charge < -0.3 is 14.4 Å². The van der Waals surface area contributed by atoms with Gasteiger partial charge in [0, 0.05) is 24.3 Å². The first kappa shape index (κ1) is 22.6. The summed E-state index contributed by atoms with van der Waals surface area (Å²) in [7, 11) is 0. The molecule has 0 aliphatic carbocycles. The number of amides is 1. The Hall–Kier alpha value is -2.55. The van der Waals surface area contributed by atoms with Gasteiger partial charge in [0.2, 0.25) is 5.91 Å². The van der Waals surface area contributed by atoms with Gasteiger partial charge in [-0.25, -0.2) is 0 Å². The van der Waals surface area contributed by atoms with Crippen LogP contribution in [0, 0.1) is 0 Å². The first-order valence-electron chi connectivity index (χ1n) is 10.5. The maximum atomic E-state index is 13.0. The highest BCUT2D eigenvalue weighted by Crippen LogP contribution is 2.34. The van der Waals surface area contributed by atoms with Crippen molar-refractivity contribution in [2.75, 3.05) is 32.9 Å². The third kappa shape index (κ3) is 4.92.